The summed E-state index contributed by atoms with van der Waals surface area (Å²) in [6.45, 7) is 0.918. The molecule has 0 spiro atoms. The molecule has 1 fully saturated rings. The smallest absolute Gasteiger partial charge is 0.161 e. The number of methoxy groups -OCH3 is 3. The minimum Gasteiger partial charge on any atom is -0.632 e. The average Bonchev–Trinajstić information content (AvgIpc) is 3.14. The van der Waals surface area contributed by atoms with Crippen LogP contribution in [0.15, 0.2) is 30.3 Å². The van der Waals surface area contributed by atoms with Gasteiger partial charge in [-0.3, -0.25) is 0 Å². The summed E-state index contributed by atoms with van der Waals surface area (Å²) in [4.78, 5) is 0. The Kier molecular flexibility index (Phi) is 4.13. The van der Waals surface area contributed by atoms with Crippen molar-refractivity contribution in [2.45, 2.75) is 31.5 Å². The summed E-state index contributed by atoms with van der Waals surface area (Å²) in [6, 6.07) is 9.47. The molecule has 2 aliphatic rings. The first kappa shape index (κ1) is 18.5. The van der Waals surface area contributed by atoms with Gasteiger partial charge in [0.05, 0.1) is 27.9 Å². The summed E-state index contributed by atoms with van der Waals surface area (Å²) in [5.74, 6) is 1.99. The van der Waals surface area contributed by atoms with Crippen molar-refractivity contribution in [1.82, 2.24) is 0 Å². The maximum Gasteiger partial charge on any atom is 0.161 e. The van der Waals surface area contributed by atoms with Crippen LogP contribution in [-0.2, 0) is 6.54 Å². The lowest BCUT2D eigenvalue weighted by Crippen LogP contribution is -2.51. The molecule has 3 aromatic carbocycles. The molecule has 0 amide bonds. The third-order valence-electron chi connectivity index (χ3n) is 6.71. The van der Waals surface area contributed by atoms with Gasteiger partial charge in [0.1, 0.15) is 24.4 Å². The molecule has 2 heterocycles. The summed E-state index contributed by atoms with van der Waals surface area (Å²) in [6.07, 6.45) is 0.818. The van der Waals surface area contributed by atoms with E-state index in [4.69, 9.17) is 14.2 Å². The molecule has 0 aromatic heterocycles. The Morgan fingerprint density at radius 3 is 2.31 bits per heavy atom. The highest BCUT2D eigenvalue weighted by atomic mass is 16.6. The van der Waals surface area contributed by atoms with Crippen LogP contribution >= 0.6 is 0 Å². The van der Waals surface area contributed by atoms with Crippen LogP contribution in [0.5, 0.6) is 17.2 Å². The first-order valence-electron chi connectivity index (χ1n) is 9.95. The number of aliphatic hydroxyl groups is 1. The quantitative estimate of drug-likeness (QED) is 0.412. The molecule has 2 aliphatic heterocycles. The van der Waals surface area contributed by atoms with E-state index in [9.17, 15) is 10.3 Å². The topological polar surface area (TPSA) is 71.0 Å². The second kappa shape index (κ2) is 6.49. The van der Waals surface area contributed by atoms with E-state index in [1.807, 2.05) is 30.3 Å². The lowest BCUT2D eigenvalue weighted by atomic mass is 9.83. The molecule has 29 heavy (non-hydrogen) atoms. The van der Waals surface area contributed by atoms with E-state index in [-0.39, 0.29) is 10.7 Å². The van der Waals surface area contributed by atoms with Gasteiger partial charge >= 0.3 is 0 Å². The van der Waals surface area contributed by atoms with E-state index in [1.165, 1.54) is 0 Å². The van der Waals surface area contributed by atoms with Crippen LogP contribution in [0.1, 0.15) is 30.1 Å². The molecular weight excluding hydrogens is 370 g/mol. The van der Waals surface area contributed by atoms with Gasteiger partial charge in [0, 0.05) is 24.0 Å². The van der Waals surface area contributed by atoms with Crippen LogP contribution in [0, 0.1) is 5.21 Å². The minimum atomic E-state index is -0.785. The molecule has 0 aliphatic carbocycles. The molecular formula is C23H25NO5. The second-order valence-corrected chi connectivity index (χ2v) is 8.05. The first-order valence-corrected chi connectivity index (χ1v) is 9.95. The lowest BCUT2D eigenvalue weighted by molar-refractivity contribution is -0.912. The molecule has 1 unspecified atom stereocenters. The molecule has 5 rings (SSSR count). The van der Waals surface area contributed by atoms with Gasteiger partial charge in [-0.1, -0.05) is 6.07 Å². The zero-order chi connectivity index (χ0) is 20.3. The van der Waals surface area contributed by atoms with Crippen LogP contribution in [0.3, 0.4) is 0 Å². The normalized spacial score (nSPS) is 25.7. The van der Waals surface area contributed by atoms with Gasteiger partial charge in [0.25, 0.3) is 0 Å². The van der Waals surface area contributed by atoms with Gasteiger partial charge < -0.3 is 29.2 Å². The maximum absolute atomic E-state index is 13.5. The fraction of sp³-hybridized carbons (Fsp3) is 0.391. The molecule has 3 aromatic rings. The van der Waals surface area contributed by atoms with Crippen LogP contribution in [-0.4, -0.2) is 43.7 Å². The highest BCUT2D eigenvalue weighted by Gasteiger charge is 2.46. The van der Waals surface area contributed by atoms with Crippen molar-refractivity contribution >= 4 is 21.5 Å². The van der Waals surface area contributed by atoms with Crippen molar-refractivity contribution < 1.29 is 24.0 Å². The standard InChI is InChI=1S/C23H25NO5/c1-27-13-6-7-14-15(9-13)16-10-20(28-2)21(29-3)11-17(16)18-12-24(26)8-4-5-19(24)23(25)22(14)18/h6-7,9-11,19,23,25H,4-5,8,12H2,1-3H3/t19-,23+,24?/m0/s1. The van der Waals surface area contributed by atoms with E-state index in [0.717, 1.165) is 51.3 Å². The molecule has 1 N–H and O–H groups in total. The van der Waals surface area contributed by atoms with E-state index in [1.54, 1.807) is 21.3 Å². The average molecular weight is 395 g/mol. The number of nitrogens with zero attached hydrogens (tertiary/aromatic N) is 1. The van der Waals surface area contributed by atoms with Crippen molar-refractivity contribution in [1.29, 1.82) is 0 Å². The zero-order valence-corrected chi connectivity index (χ0v) is 16.9. The van der Waals surface area contributed by atoms with Crippen LogP contribution in [0.4, 0.5) is 0 Å². The summed E-state index contributed by atoms with van der Waals surface area (Å²) >= 11 is 0. The summed E-state index contributed by atoms with van der Waals surface area (Å²) in [5.41, 5.74) is 1.79. The number of aliphatic hydroxyl groups excluding tert-OH is 1. The van der Waals surface area contributed by atoms with E-state index < -0.39 is 6.10 Å². The number of fused-ring (bicyclic) bond motifs is 7. The van der Waals surface area contributed by atoms with Crippen molar-refractivity contribution in [2.75, 3.05) is 27.9 Å². The Morgan fingerprint density at radius 1 is 0.931 bits per heavy atom. The predicted molar refractivity (Wildman–Crippen MR) is 111 cm³/mol. The lowest BCUT2D eigenvalue weighted by Gasteiger charge is -2.50. The fourth-order valence-corrected chi connectivity index (χ4v) is 5.32. The Bertz CT molecular complexity index is 1130. The Morgan fingerprint density at radius 2 is 1.62 bits per heavy atom. The SMILES string of the molecule is COc1ccc2c3c(c4cc(OC)c(OC)cc4c2c1)C[N+]1([O-])CCC[C@H]1[C@H]3O. The molecule has 0 bridgehead atoms. The Labute approximate surface area is 169 Å². The maximum atomic E-state index is 13.5. The van der Waals surface area contributed by atoms with Crippen LogP contribution in [0.25, 0.3) is 21.5 Å². The van der Waals surface area contributed by atoms with Gasteiger partial charge in [-0.25, -0.2) is 0 Å². The Balaban J connectivity index is 1.93. The number of hydrogen-bond donors (Lipinski definition) is 1. The monoisotopic (exact) mass is 395 g/mol. The predicted octanol–water partition coefficient (Wildman–Crippen LogP) is 4.04. The number of hydroxylamine groups is 3. The van der Waals surface area contributed by atoms with Crippen molar-refractivity contribution in [3.05, 3.63) is 46.7 Å². The number of hydrogen-bond acceptors (Lipinski definition) is 5. The highest BCUT2D eigenvalue weighted by Crippen LogP contribution is 2.49. The van der Waals surface area contributed by atoms with E-state index in [2.05, 4.69) is 0 Å². The van der Waals surface area contributed by atoms with Gasteiger partial charge in [-0.2, -0.15) is 0 Å². The number of benzene rings is 3. The van der Waals surface area contributed by atoms with Crippen molar-refractivity contribution in [3.63, 3.8) is 0 Å². The van der Waals surface area contributed by atoms with Crippen LogP contribution < -0.4 is 14.2 Å². The third kappa shape index (κ3) is 2.53. The van der Waals surface area contributed by atoms with Gasteiger partial charge in [-0.15, -0.1) is 0 Å². The fourth-order valence-electron chi connectivity index (χ4n) is 5.32. The van der Waals surface area contributed by atoms with Gasteiger partial charge in [0.2, 0.25) is 0 Å². The van der Waals surface area contributed by atoms with Crippen LogP contribution in [0.2, 0.25) is 0 Å². The minimum absolute atomic E-state index is 0.301. The Hall–Kier alpha value is -2.54. The van der Waals surface area contributed by atoms with Gasteiger partial charge in [0.15, 0.2) is 11.5 Å². The molecule has 6 nitrogen and oxygen atoms in total. The summed E-state index contributed by atoms with van der Waals surface area (Å²) in [7, 11) is 4.86. The molecule has 3 atom stereocenters. The number of rotatable bonds is 3. The van der Waals surface area contributed by atoms with Crippen molar-refractivity contribution in [3.8, 4) is 17.2 Å². The molecule has 6 heteroatoms. The first-order chi connectivity index (χ1) is 14.0. The molecule has 1 saturated heterocycles. The third-order valence-corrected chi connectivity index (χ3v) is 6.71. The largest absolute Gasteiger partial charge is 0.632 e. The van der Waals surface area contributed by atoms with E-state index in [0.29, 0.717) is 24.6 Å². The number of quaternary nitrogens is 1. The molecule has 0 radical (unpaired) electrons. The van der Waals surface area contributed by atoms with E-state index >= 15 is 0 Å². The van der Waals surface area contributed by atoms with Crippen molar-refractivity contribution in [2.24, 2.45) is 0 Å². The highest BCUT2D eigenvalue weighted by molar-refractivity contribution is 6.12. The summed E-state index contributed by atoms with van der Waals surface area (Å²) in [5, 5.41) is 28.7. The summed E-state index contributed by atoms with van der Waals surface area (Å²) < 4.78 is 16.2. The van der Waals surface area contributed by atoms with Gasteiger partial charge in [-0.05, 0) is 45.8 Å². The number of ether oxygens (including phenoxy) is 3. The zero-order valence-electron chi connectivity index (χ0n) is 16.9. The second-order valence-electron chi connectivity index (χ2n) is 8.05. The molecule has 0 saturated carbocycles. The molecule has 152 valence electrons.